The van der Waals surface area contributed by atoms with Gasteiger partial charge in [0.1, 0.15) is 11.5 Å². The maximum atomic E-state index is 11.7. The summed E-state index contributed by atoms with van der Waals surface area (Å²) in [5.41, 5.74) is 2.03. The van der Waals surface area contributed by atoms with Crippen molar-refractivity contribution < 1.29 is 4.79 Å². The summed E-state index contributed by atoms with van der Waals surface area (Å²) in [6.07, 6.45) is 4.52. The lowest BCUT2D eigenvalue weighted by atomic mass is 10.2. The van der Waals surface area contributed by atoms with Crippen LogP contribution < -0.4 is 10.6 Å². The Hall–Kier alpha value is -2.40. The van der Waals surface area contributed by atoms with Gasteiger partial charge in [-0.1, -0.05) is 23.7 Å². The molecule has 0 bridgehead atoms. The molecule has 0 saturated carbocycles. The van der Waals surface area contributed by atoms with Crippen molar-refractivity contribution in [2.24, 2.45) is 0 Å². The van der Waals surface area contributed by atoms with E-state index in [1.54, 1.807) is 6.08 Å². The molecule has 2 N–H and O–H groups in total. The zero-order valence-electron chi connectivity index (χ0n) is 11.6. The summed E-state index contributed by atoms with van der Waals surface area (Å²) in [5.74, 6) is 0.258. The van der Waals surface area contributed by atoms with Crippen LogP contribution in [0.4, 0.5) is 11.5 Å². The molecule has 108 valence electrons. The molecule has 1 aromatic carbocycles. The lowest BCUT2D eigenvalue weighted by Gasteiger charge is -2.09. The Balaban J connectivity index is 2.10. The molecular formula is C15H15ClN4O. The number of amides is 1. The SMILES string of the molecule is C=CCNC(=O)c1cnc(Nc2cccc(Cl)c2C)cn1. The molecule has 6 heteroatoms. The van der Waals surface area contributed by atoms with Crippen molar-refractivity contribution in [2.75, 3.05) is 11.9 Å². The van der Waals surface area contributed by atoms with E-state index in [1.807, 2.05) is 25.1 Å². The molecule has 5 nitrogen and oxygen atoms in total. The first-order chi connectivity index (χ1) is 10.1. The minimum absolute atomic E-state index is 0.255. The zero-order valence-corrected chi connectivity index (χ0v) is 12.3. The van der Waals surface area contributed by atoms with Crippen molar-refractivity contribution in [2.45, 2.75) is 6.92 Å². The summed E-state index contributed by atoms with van der Waals surface area (Å²) in [6.45, 7) is 5.83. The van der Waals surface area contributed by atoms with Gasteiger partial charge in [0.2, 0.25) is 0 Å². The average molecular weight is 303 g/mol. The number of nitrogens with one attached hydrogen (secondary N) is 2. The van der Waals surface area contributed by atoms with E-state index in [0.717, 1.165) is 11.3 Å². The van der Waals surface area contributed by atoms with E-state index in [-0.39, 0.29) is 11.6 Å². The van der Waals surface area contributed by atoms with Gasteiger partial charge in [-0.05, 0) is 24.6 Å². The monoisotopic (exact) mass is 302 g/mol. The molecule has 1 aromatic heterocycles. The molecule has 0 saturated heterocycles. The predicted molar refractivity (Wildman–Crippen MR) is 84.0 cm³/mol. The van der Waals surface area contributed by atoms with E-state index < -0.39 is 0 Å². The van der Waals surface area contributed by atoms with E-state index in [2.05, 4.69) is 27.2 Å². The van der Waals surface area contributed by atoms with Gasteiger partial charge in [-0.3, -0.25) is 4.79 Å². The number of carbonyl (C=O) groups is 1. The van der Waals surface area contributed by atoms with E-state index in [1.165, 1.54) is 12.4 Å². The van der Waals surface area contributed by atoms with Crippen LogP contribution in [0.15, 0.2) is 43.2 Å². The summed E-state index contributed by atoms with van der Waals surface area (Å²) >= 11 is 6.06. The molecule has 0 aliphatic rings. The summed E-state index contributed by atoms with van der Waals surface area (Å²) < 4.78 is 0. The van der Waals surface area contributed by atoms with E-state index in [4.69, 9.17) is 11.6 Å². The molecule has 0 aliphatic carbocycles. The lowest BCUT2D eigenvalue weighted by molar-refractivity contribution is 0.0952. The standard InChI is InChI=1S/C15H15ClN4O/c1-3-7-17-15(21)13-8-19-14(9-18-13)20-12-6-4-5-11(16)10(12)2/h3-6,8-9H,1,7H2,2H3,(H,17,21)(H,19,20). The largest absolute Gasteiger partial charge is 0.347 e. The first-order valence-corrected chi connectivity index (χ1v) is 6.73. The number of benzene rings is 1. The Labute approximate surface area is 128 Å². The maximum Gasteiger partial charge on any atom is 0.271 e. The Morgan fingerprint density at radius 1 is 1.38 bits per heavy atom. The zero-order chi connectivity index (χ0) is 15.2. The van der Waals surface area contributed by atoms with Gasteiger partial charge < -0.3 is 10.6 Å². The maximum absolute atomic E-state index is 11.7. The smallest absolute Gasteiger partial charge is 0.271 e. The van der Waals surface area contributed by atoms with Crippen molar-refractivity contribution >= 4 is 29.0 Å². The van der Waals surface area contributed by atoms with Gasteiger partial charge in [0.05, 0.1) is 12.4 Å². The van der Waals surface area contributed by atoms with Crippen molar-refractivity contribution in [3.05, 3.63) is 59.5 Å². The highest BCUT2D eigenvalue weighted by atomic mass is 35.5. The number of aromatic nitrogens is 2. The molecule has 0 unspecified atom stereocenters. The number of hydrogen-bond acceptors (Lipinski definition) is 4. The molecule has 0 atom stereocenters. The normalized spacial score (nSPS) is 10.0. The van der Waals surface area contributed by atoms with Gasteiger partial charge in [0.25, 0.3) is 5.91 Å². The van der Waals surface area contributed by atoms with Gasteiger partial charge in [-0.2, -0.15) is 0 Å². The number of carbonyl (C=O) groups excluding carboxylic acids is 1. The third kappa shape index (κ3) is 3.79. The molecule has 1 heterocycles. The van der Waals surface area contributed by atoms with Crippen molar-refractivity contribution in [1.29, 1.82) is 0 Å². The van der Waals surface area contributed by atoms with Crippen LogP contribution in [0.25, 0.3) is 0 Å². The minimum atomic E-state index is -0.284. The molecule has 0 spiro atoms. The highest BCUT2D eigenvalue weighted by Crippen LogP contribution is 2.25. The molecule has 0 radical (unpaired) electrons. The number of anilines is 2. The van der Waals surface area contributed by atoms with Crippen LogP contribution in [0.5, 0.6) is 0 Å². The van der Waals surface area contributed by atoms with Gasteiger partial charge in [-0.15, -0.1) is 6.58 Å². The summed E-state index contributed by atoms with van der Waals surface area (Å²) in [5, 5.41) is 6.43. The van der Waals surface area contributed by atoms with Crippen LogP contribution >= 0.6 is 11.6 Å². The van der Waals surface area contributed by atoms with Crippen molar-refractivity contribution in [3.63, 3.8) is 0 Å². The fourth-order valence-corrected chi connectivity index (χ4v) is 1.82. The van der Waals surface area contributed by atoms with Gasteiger partial charge in [0.15, 0.2) is 0 Å². The van der Waals surface area contributed by atoms with Crippen LogP contribution in [0, 0.1) is 6.92 Å². The summed E-state index contributed by atoms with van der Waals surface area (Å²) in [6, 6.07) is 5.57. The predicted octanol–water partition coefficient (Wildman–Crippen LogP) is 3.10. The molecule has 0 fully saturated rings. The number of nitrogens with zero attached hydrogens (tertiary/aromatic N) is 2. The van der Waals surface area contributed by atoms with E-state index >= 15 is 0 Å². The molecule has 1 amide bonds. The first-order valence-electron chi connectivity index (χ1n) is 6.35. The van der Waals surface area contributed by atoms with Crippen LogP contribution in [-0.2, 0) is 0 Å². The number of hydrogen-bond donors (Lipinski definition) is 2. The minimum Gasteiger partial charge on any atom is -0.347 e. The number of rotatable bonds is 5. The van der Waals surface area contributed by atoms with Crippen LogP contribution in [0.2, 0.25) is 5.02 Å². The third-order valence-electron chi connectivity index (χ3n) is 2.82. The molecule has 0 aliphatic heterocycles. The number of halogens is 1. The van der Waals surface area contributed by atoms with Gasteiger partial charge in [0, 0.05) is 17.3 Å². The second-order valence-electron chi connectivity index (χ2n) is 4.32. The summed E-state index contributed by atoms with van der Waals surface area (Å²) in [4.78, 5) is 19.9. The lowest BCUT2D eigenvalue weighted by Crippen LogP contribution is -2.24. The summed E-state index contributed by atoms with van der Waals surface area (Å²) in [7, 11) is 0. The molecule has 21 heavy (non-hydrogen) atoms. The molecular weight excluding hydrogens is 288 g/mol. The van der Waals surface area contributed by atoms with Gasteiger partial charge in [-0.25, -0.2) is 9.97 Å². The van der Waals surface area contributed by atoms with Gasteiger partial charge >= 0.3 is 0 Å². The van der Waals surface area contributed by atoms with Crippen LogP contribution in [0.3, 0.4) is 0 Å². The highest BCUT2D eigenvalue weighted by molar-refractivity contribution is 6.31. The highest BCUT2D eigenvalue weighted by Gasteiger charge is 2.07. The second-order valence-corrected chi connectivity index (χ2v) is 4.73. The third-order valence-corrected chi connectivity index (χ3v) is 3.23. The fourth-order valence-electron chi connectivity index (χ4n) is 1.65. The Bertz CT molecular complexity index is 655. The van der Waals surface area contributed by atoms with Crippen molar-refractivity contribution in [1.82, 2.24) is 15.3 Å². The van der Waals surface area contributed by atoms with Crippen LogP contribution in [0.1, 0.15) is 16.1 Å². The van der Waals surface area contributed by atoms with E-state index in [9.17, 15) is 4.79 Å². The van der Waals surface area contributed by atoms with Crippen LogP contribution in [-0.4, -0.2) is 22.4 Å². The quantitative estimate of drug-likeness (QED) is 0.833. The Morgan fingerprint density at radius 3 is 2.86 bits per heavy atom. The fraction of sp³-hybridized carbons (Fsp3) is 0.133. The first kappa shape index (κ1) is 15.0. The Kier molecular flexibility index (Phi) is 4.90. The van der Waals surface area contributed by atoms with Crippen molar-refractivity contribution in [3.8, 4) is 0 Å². The molecule has 2 aromatic rings. The topological polar surface area (TPSA) is 66.9 Å². The average Bonchev–Trinajstić information content (AvgIpc) is 2.50. The second kappa shape index (κ2) is 6.85. The molecule has 2 rings (SSSR count). The van der Waals surface area contributed by atoms with E-state index in [0.29, 0.717) is 17.4 Å². The Morgan fingerprint density at radius 2 is 2.19 bits per heavy atom.